The highest BCUT2D eigenvalue weighted by Crippen LogP contribution is 2.29. The van der Waals surface area contributed by atoms with Crippen LogP contribution in [0.2, 0.25) is 0 Å². The number of fused-ring (bicyclic) bond motifs is 1. The Bertz CT molecular complexity index is 617. The van der Waals surface area contributed by atoms with Gasteiger partial charge < -0.3 is 5.11 Å². The van der Waals surface area contributed by atoms with Crippen molar-refractivity contribution in [1.29, 1.82) is 0 Å². The second-order valence-corrected chi connectivity index (χ2v) is 5.17. The van der Waals surface area contributed by atoms with Crippen molar-refractivity contribution in [3.63, 3.8) is 0 Å². The molecule has 0 saturated heterocycles. The minimum absolute atomic E-state index is 0.213. The Hall–Kier alpha value is -2.10. The van der Waals surface area contributed by atoms with Crippen LogP contribution in [0.25, 0.3) is 5.69 Å². The number of aromatic nitrogens is 2. The summed E-state index contributed by atoms with van der Waals surface area (Å²) in [5.41, 5.74) is 3.11. The maximum atomic E-state index is 11.3. The van der Waals surface area contributed by atoms with Crippen LogP contribution in [0.4, 0.5) is 0 Å². The van der Waals surface area contributed by atoms with E-state index in [2.05, 4.69) is 12.0 Å². The standard InChI is InChI=1S/C15H16N2O2/c1-10-7-8-13-12(9-10)14(15(18)19)16-17(13)11-5-3-2-4-6-11/h2-6,10H,7-9H2,1H3,(H,18,19). The van der Waals surface area contributed by atoms with Crippen molar-refractivity contribution >= 4 is 5.97 Å². The Kier molecular flexibility index (Phi) is 2.85. The highest BCUT2D eigenvalue weighted by atomic mass is 16.4. The lowest BCUT2D eigenvalue weighted by molar-refractivity contribution is 0.0688. The van der Waals surface area contributed by atoms with Crippen LogP contribution in [-0.4, -0.2) is 20.9 Å². The quantitative estimate of drug-likeness (QED) is 0.898. The summed E-state index contributed by atoms with van der Waals surface area (Å²) in [4.78, 5) is 11.3. The predicted octanol–water partition coefficient (Wildman–Crippen LogP) is 2.70. The van der Waals surface area contributed by atoms with Gasteiger partial charge in [-0.3, -0.25) is 0 Å². The lowest BCUT2D eigenvalue weighted by Gasteiger charge is -2.19. The first kappa shape index (κ1) is 12.0. The number of carboxylic acid groups (broad SMARTS) is 1. The highest BCUT2D eigenvalue weighted by molar-refractivity contribution is 5.87. The molecule has 0 fully saturated rings. The van der Waals surface area contributed by atoms with E-state index >= 15 is 0 Å². The first-order valence-corrected chi connectivity index (χ1v) is 6.56. The topological polar surface area (TPSA) is 55.1 Å². The van der Waals surface area contributed by atoms with Crippen LogP contribution in [-0.2, 0) is 12.8 Å². The third kappa shape index (κ3) is 2.03. The Balaban J connectivity index is 2.17. The summed E-state index contributed by atoms with van der Waals surface area (Å²) in [5, 5.41) is 13.6. The van der Waals surface area contributed by atoms with Crippen molar-refractivity contribution in [1.82, 2.24) is 9.78 Å². The molecule has 0 amide bonds. The molecule has 4 nitrogen and oxygen atoms in total. The first-order valence-electron chi connectivity index (χ1n) is 6.56. The molecule has 1 aliphatic carbocycles. The maximum absolute atomic E-state index is 11.3. The van der Waals surface area contributed by atoms with E-state index in [9.17, 15) is 9.90 Å². The third-order valence-corrected chi connectivity index (χ3v) is 3.72. The number of aromatic carboxylic acids is 1. The highest BCUT2D eigenvalue weighted by Gasteiger charge is 2.27. The van der Waals surface area contributed by atoms with Crippen LogP contribution in [0.1, 0.15) is 35.1 Å². The van der Waals surface area contributed by atoms with Crippen LogP contribution >= 0.6 is 0 Å². The zero-order valence-corrected chi connectivity index (χ0v) is 10.8. The fourth-order valence-corrected chi connectivity index (χ4v) is 2.74. The van der Waals surface area contributed by atoms with Crippen molar-refractivity contribution in [2.24, 2.45) is 5.92 Å². The molecule has 1 N–H and O–H groups in total. The van der Waals surface area contributed by atoms with Gasteiger partial charge in [-0.25, -0.2) is 9.48 Å². The Morgan fingerprint density at radius 1 is 1.37 bits per heavy atom. The van der Waals surface area contributed by atoms with E-state index in [4.69, 9.17) is 0 Å². The summed E-state index contributed by atoms with van der Waals surface area (Å²) in [7, 11) is 0. The maximum Gasteiger partial charge on any atom is 0.356 e. The molecular formula is C15H16N2O2. The zero-order valence-electron chi connectivity index (χ0n) is 10.8. The van der Waals surface area contributed by atoms with Gasteiger partial charge in [0.15, 0.2) is 5.69 Å². The summed E-state index contributed by atoms with van der Waals surface area (Å²) in [6.07, 6.45) is 2.79. The van der Waals surface area contributed by atoms with Crippen molar-refractivity contribution in [2.75, 3.05) is 0 Å². The van der Waals surface area contributed by atoms with Crippen LogP contribution in [0.3, 0.4) is 0 Å². The molecule has 4 heteroatoms. The zero-order chi connectivity index (χ0) is 13.4. The second-order valence-electron chi connectivity index (χ2n) is 5.17. The largest absolute Gasteiger partial charge is 0.476 e. The van der Waals surface area contributed by atoms with Crippen molar-refractivity contribution in [2.45, 2.75) is 26.2 Å². The van der Waals surface area contributed by atoms with Gasteiger partial charge in [-0.1, -0.05) is 25.1 Å². The number of hydrogen-bond donors (Lipinski definition) is 1. The van der Waals surface area contributed by atoms with Gasteiger partial charge in [0.2, 0.25) is 0 Å². The molecule has 1 unspecified atom stereocenters. The number of carboxylic acids is 1. The lowest BCUT2D eigenvalue weighted by Crippen LogP contribution is -2.14. The number of carbonyl (C=O) groups is 1. The average Bonchev–Trinajstić information content (AvgIpc) is 2.78. The number of hydrogen-bond acceptors (Lipinski definition) is 2. The third-order valence-electron chi connectivity index (χ3n) is 3.72. The molecule has 19 heavy (non-hydrogen) atoms. The molecule has 2 aromatic rings. The van der Waals surface area contributed by atoms with Crippen molar-refractivity contribution in [3.05, 3.63) is 47.3 Å². The van der Waals surface area contributed by atoms with Gasteiger partial charge in [-0.05, 0) is 37.3 Å². The van der Waals surface area contributed by atoms with E-state index in [-0.39, 0.29) is 5.69 Å². The molecule has 1 aromatic carbocycles. The minimum atomic E-state index is -0.931. The van der Waals surface area contributed by atoms with E-state index in [1.807, 2.05) is 30.3 Å². The molecule has 1 atom stereocenters. The second kappa shape index (κ2) is 4.53. The van der Waals surface area contributed by atoms with Gasteiger partial charge in [0.1, 0.15) is 0 Å². The Labute approximate surface area is 111 Å². The molecular weight excluding hydrogens is 240 g/mol. The SMILES string of the molecule is CC1CCc2c(c(C(=O)O)nn2-c2ccccc2)C1. The van der Waals surface area contributed by atoms with Crippen LogP contribution in [0.15, 0.2) is 30.3 Å². The van der Waals surface area contributed by atoms with E-state index in [0.717, 1.165) is 36.2 Å². The lowest BCUT2D eigenvalue weighted by atomic mass is 9.87. The Morgan fingerprint density at radius 2 is 2.11 bits per heavy atom. The van der Waals surface area contributed by atoms with Crippen LogP contribution in [0.5, 0.6) is 0 Å². The molecule has 0 radical (unpaired) electrons. The predicted molar refractivity (Wildman–Crippen MR) is 71.7 cm³/mol. The summed E-state index contributed by atoms with van der Waals surface area (Å²) >= 11 is 0. The molecule has 0 spiro atoms. The number of nitrogens with zero attached hydrogens (tertiary/aromatic N) is 2. The number of para-hydroxylation sites is 1. The van der Waals surface area contributed by atoms with Crippen molar-refractivity contribution < 1.29 is 9.90 Å². The van der Waals surface area contributed by atoms with E-state index < -0.39 is 5.97 Å². The number of benzene rings is 1. The smallest absolute Gasteiger partial charge is 0.356 e. The van der Waals surface area contributed by atoms with Crippen LogP contribution < -0.4 is 0 Å². The Morgan fingerprint density at radius 3 is 2.79 bits per heavy atom. The van der Waals surface area contributed by atoms with Gasteiger partial charge >= 0.3 is 5.97 Å². The average molecular weight is 256 g/mol. The molecule has 1 aromatic heterocycles. The van der Waals surface area contributed by atoms with Crippen LogP contribution in [0, 0.1) is 5.92 Å². The van der Waals surface area contributed by atoms with Gasteiger partial charge in [0.25, 0.3) is 0 Å². The molecule has 3 rings (SSSR count). The molecule has 0 saturated carbocycles. The van der Waals surface area contributed by atoms with Gasteiger partial charge in [-0.15, -0.1) is 0 Å². The molecule has 98 valence electrons. The monoisotopic (exact) mass is 256 g/mol. The van der Waals surface area contributed by atoms with E-state index in [1.165, 1.54) is 0 Å². The van der Waals surface area contributed by atoms with Gasteiger partial charge in [0, 0.05) is 11.3 Å². The minimum Gasteiger partial charge on any atom is -0.476 e. The fourth-order valence-electron chi connectivity index (χ4n) is 2.74. The normalized spacial score (nSPS) is 18.1. The molecule has 1 heterocycles. The first-order chi connectivity index (χ1) is 9.16. The summed E-state index contributed by atoms with van der Waals surface area (Å²) in [6.45, 7) is 2.16. The summed E-state index contributed by atoms with van der Waals surface area (Å²) in [6, 6.07) is 9.73. The molecule has 1 aliphatic rings. The van der Waals surface area contributed by atoms with Crippen molar-refractivity contribution in [3.8, 4) is 5.69 Å². The van der Waals surface area contributed by atoms with Gasteiger partial charge in [-0.2, -0.15) is 5.10 Å². The van der Waals surface area contributed by atoms with E-state index in [0.29, 0.717) is 5.92 Å². The number of rotatable bonds is 2. The summed E-state index contributed by atoms with van der Waals surface area (Å²) < 4.78 is 1.80. The van der Waals surface area contributed by atoms with Gasteiger partial charge in [0.05, 0.1) is 5.69 Å². The fraction of sp³-hybridized carbons (Fsp3) is 0.333. The molecule has 0 aliphatic heterocycles. The summed E-state index contributed by atoms with van der Waals surface area (Å²) in [5.74, 6) is -0.404. The molecule has 0 bridgehead atoms. The van der Waals surface area contributed by atoms with E-state index in [1.54, 1.807) is 4.68 Å².